The fourth-order valence-electron chi connectivity index (χ4n) is 3.91. The first-order valence-electron chi connectivity index (χ1n) is 10.6. The van der Waals surface area contributed by atoms with Crippen molar-refractivity contribution in [2.45, 2.75) is 39.8 Å². The van der Waals surface area contributed by atoms with E-state index in [1.54, 1.807) is 11.8 Å². The molecule has 0 aliphatic rings. The van der Waals surface area contributed by atoms with Gasteiger partial charge in [-0.05, 0) is 41.3 Å². The van der Waals surface area contributed by atoms with Crippen LogP contribution >= 0.6 is 11.3 Å². The number of amides is 1. The molecule has 0 aliphatic heterocycles. The van der Waals surface area contributed by atoms with Crippen LogP contribution in [0.25, 0.3) is 10.8 Å². The van der Waals surface area contributed by atoms with Gasteiger partial charge in [-0.25, -0.2) is 4.98 Å². The molecule has 1 heterocycles. The average molecular weight is 430 g/mol. The van der Waals surface area contributed by atoms with Gasteiger partial charge in [0.05, 0.1) is 11.4 Å². The molecule has 0 saturated heterocycles. The van der Waals surface area contributed by atoms with Crippen LogP contribution in [0.4, 0.5) is 10.8 Å². The number of fused-ring (bicyclic) bond motifs is 1. The first kappa shape index (κ1) is 21.2. The van der Waals surface area contributed by atoms with Crippen LogP contribution in [0.15, 0.2) is 72.1 Å². The Kier molecular flexibility index (Phi) is 6.44. The lowest BCUT2D eigenvalue weighted by atomic mass is 10.00. The molecule has 0 bridgehead atoms. The minimum atomic E-state index is -0.0288. The number of thiazole rings is 1. The number of carbonyl (C=O) groups is 1. The van der Waals surface area contributed by atoms with Gasteiger partial charge < -0.3 is 5.32 Å². The Balaban J connectivity index is 1.52. The normalized spacial score (nSPS) is 12.1. The van der Waals surface area contributed by atoms with Crippen molar-refractivity contribution in [2.75, 3.05) is 4.90 Å². The Hall–Kier alpha value is -3.02. The lowest BCUT2D eigenvalue weighted by Crippen LogP contribution is -2.24. The highest BCUT2D eigenvalue weighted by molar-refractivity contribution is 7.14. The molecule has 1 atom stereocenters. The monoisotopic (exact) mass is 429 g/mol. The molecule has 1 amide bonds. The number of aromatic nitrogens is 1. The van der Waals surface area contributed by atoms with Crippen molar-refractivity contribution < 1.29 is 4.79 Å². The summed E-state index contributed by atoms with van der Waals surface area (Å²) in [5.74, 6) is -0.0288. The standard InChI is InChI=1S/C26H27N3OS/c1-4-20-10-6-8-15-25(20)29(19(3)30)26-28-22(17-31-26)16-27-18(2)23-14-9-12-21-11-5-7-13-24(21)23/h5-15,17-18,27H,4,16H2,1-3H3. The number of hydrogen-bond acceptors (Lipinski definition) is 4. The van der Waals surface area contributed by atoms with Crippen molar-refractivity contribution in [3.8, 4) is 0 Å². The number of rotatable bonds is 7. The average Bonchev–Trinajstić information content (AvgIpc) is 3.25. The minimum absolute atomic E-state index is 0.0288. The molecule has 4 aromatic rings. The van der Waals surface area contributed by atoms with Crippen molar-refractivity contribution in [1.82, 2.24) is 10.3 Å². The van der Waals surface area contributed by atoms with Gasteiger partial charge in [0.15, 0.2) is 5.13 Å². The maximum atomic E-state index is 12.5. The van der Waals surface area contributed by atoms with Crippen LogP contribution in [0.1, 0.15) is 43.6 Å². The van der Waals surface area contributed by atoms with Gasteiger partial charge >= 0.3 is 0 Å². The summed E-state index contributed by atoms with van der Waals surface area (Å²) in [7, 11) is 0. The zero-order valence-corrected chi connectivity index (χ0v) is 18.9. The predicted molar refractivity (Wildman–Crippen MR) is 130 cm³/mol. The molecule has 0 radical (unpaired) electrons. The molecule has 4 rings (SSSR count). The van der Waals surface area contributed by atoms with Gasteiger partial charge in [0.2, 0.25) is 5.91 Å². The number of carbonyl (C=O) groups excluding carboxylic acids is 1. The summed E-state index contributed by atoms with van der Waals surface area (Å²) in [6, 6.07) is 23.1. The molecule has 158 valence electrons. The lowest BCUT2D eigenvalue weighted by Gasteiger charge is -2.21. The molecule has 0 spiro atoms. The number of aryl methyl sites for hydroxylation is 1. The first-order valence-corrected chi connectivity index (χ1v) is 11.5. The molecule has 1 N–H and O–H groups in total. The molecular weight excluding hydrogens is 402 g/mol. The van der Waals surface area contributed by atoms with Crippen LogP contribution in [0, 0.1) is 0 Å². The van der Waals surface area contributed by atoms with E-state index in [1.807, 2.05) is 23.6 Å². The van der Waals surface area contributed by atoms with Crippen LogP contribution < -0.4 is 10.2 Å². The van der Waals surface area contributed by atoms with E-state index in [4.69, 9.17) is 4.98 Å². The zero-order valence-electron chi connectivity index (χ0n) is 18.1. The van der Waals surface area contributed by atoms with Crippen molar-refractivity contribution in [2.24, 2.45) is 0 Å². The Morgan fingerprint density at radius 1 is 1.06 bits per heavy atom. The Morgan fingerprint density at radius 3 is 2.61 bits per heavy atom. The van der Waals surface area contributed by atoms with Gasteiger partial charge in [0.25, 0.3) is 0 Å². The van der Waals surface area contributed by atoms with E-state index in [1.165, 1.54) is 27.7 Å². The fraction of sp³-hybridized carbons (Fsp3) is 0.231. The largest absolute Gasteiger partial charge is 0.305 e. The fourth-order valence-corrected chi connectivity index (χ4v) is 4.79. The van der Waals surface area contributed by atoms with E-state index in [9.17, 15) is 4.79 Å². The van der Waals surface area contributed by atoms with Crippen LogP contribution in [0.5, 0.6) is 0 Å². The molecule has 0 saturated carbocycles. The molecule has 31 heavy (non-hydrogen) atoms. The second kappa shape index (κ2) is 9.41. The minimum Gasteiger partial charge on any atom is -0.305 e. The van der Waals surface area contributed by atoms with Crippen molar-refractivity contribution in [3.05, 3.63) is 88.9 Å². The van der Waals surface area contributed by atoms with Gasteiger partial charge in [-0.2, -0.15) is 0 Å². The van der Waals surface area contributed by atoms with E-state index >= 15 is 0 Å². The molecule has 1 aromatic heterocycles. The molecule has 0 aliphatic carbocycles. The quantitative estimate of drug-likeness (QED) is 0.370. The Morgan fingerprint density at radius 2 is 1.81 bits per heavy atom. The van der Waals surface area contributed by atoms with Gasteiger partial charge in [-0.1, -0.05) is 67.6 Å². The van der Waals surface area contributed by atoms with Gasteiger partial charge in [0.1, 0.15) is 0 Å². The van der Waals surface area contributed by atoms with Crippen LogP contribution in [-0.2, 0) is 17.8 Å². The van der Waals surface area contributed by atoms with Crippen LogP contribution in [0.3, 0.4) is 0 Å². The molecular formula is C26H27N3OS. The second-order valence-corrected chi connectivity index (χ2v) is 8.47. The lowest BCUT2D eigenvalue weighted by molar-refractivity contribution is -0.115. The topological polar surface area (TPSA) is 45.2 Å². The molecule has 1 unspecified atom stereocenters. The number of nitrogens with one attached hydrogen (secondary N) is 1. The smallest absolute Gasteiger partial charge is 0.230 e. The summed E-state index contributed by atoms with van der Waals surface area (Å²) in [5.41, 5.74) is 4.26. The number of para-hydroxylation sites is 1. The Labute approximate surface area is 187 Å². The van der Waals surface area contributed by atoms with Crippen molar-refractivity contribution in [3.63, 3.8) is 0 Å². The highest BCUT2D eigenvalue weighted by Crippen LogP contribution is 2.32. The third-order valence-electron chi connectivity index (χ3n) is 5.54. The van der Waals surface area contributed by atoms with E-state index in [0.29, 0.717) is 11.7 Å². The summed E-state index contributed by atoms with van der Waals surface area (Å²) in [4.78, 5) is 19.0. The number of anilines is 2. The summed E-state index contributed by atoms with van der Waals surface area (Å²) in [6.07, 6.45) is 0.863. The predicted octanol–water partition coefficient (Wildman–Crippen LogP) is 6.39. The van der Waals surface area contributed by atoms with Gasteiger partial charge in [-0.15, -0.1) is 11.3 Å². The third-order valence-corrected chi connectivity index (χ3v) is 6.41. The third kappa shape index (κ3) is 4.53. The second-order valence-electron chi connectivity index (χ2n) is 7.63. The van der Waals surface area contributed by atoms with E-state index in [-0.39, 0.29) is 11.9 Å². The van der Waals surface area contributed by atoms with E-state index < -0.39 is 0 Å². The van der Waals surface area contributed by atoms with Crippen molar-refractivity contribution in [1.29, 1.82) is 0 Å². The molecule has 5 heteroatoms. The highest BCUT2D eigenvalue weighted by atomic mass is 32.1. The molecule has 0 fully saturated rings. The number of hydrogen-bond donors (Lipinski definition) is 1. The summed E-state index contributed by atoms with van der Waals surface area (Å²) < 4.78 is 0. The summed E-state index contributed by atoms with van der Waals surface area (Å²) in [5, 5.41) is 8.85. The number of benzene rings is 3. The van der Waals surface area contributed by atoms with Gasteiger partial charge in [-0.3, -0.25) is 9.69 Å². The first-order chi connectivity index (χ1) is 15.1. The maximum absolute atomic E-state index is 12.5. The summed E-state index contributed by atoms with van der Waals surface area (Å²) >= 11 is 1.50. The zero-order chi connectivity index (χ0) is 21.8. The van der Waals surface area contributed by atoms with Crippen LogP contribution in [0.2, 0.25) is 0 Å². The maximum Gasteiger partial charge on any atom is 0.230 e. The SMILES string of the molecule is CCc1ccccc1N(C(C)=O)c1nc(CNC(C)c2cccc3ccccc23)cs1. The highest BCUT2D eigenvalue weighted by Gasteiger charge is 2.20. The van der Waals surface area contributed by atoms with Gasteiger partial charge in [0, 0.05) is 24.9 Å². The van der Waals surface area contributed by atoms with E-state index in [0.717, 1.165) is 23.4 Å². The van der Waals surface area contributed by atoms with Crippen LogP contribution in [-0.4, -0.2) is 10.9 Å². The number of nitrogens with zero attached hydrogens (tertiary/aromatic N) is 2. The molecule has 3 aromatic carbocycles. The Bertz CT molecular complexity index is 1190. The van der Waals surface area contributed by atoms with Crippen molar-refractivity contribution >= 4 is 38.8 Å². The molecule has 4 nitrogen and oxygen atoms in total. The van der Waals surface area contributed by atoms with E-state index in [2.05, 4.69) is 67.7 Å². The summed E-state index contributed by atoms with van der Waals surface area (Å²) in [6.45, 7) is 6.51.